The van der Waals surface area contributed by atoms with E-state index in [0.717, 1.165) is 0 Å². The molecule has 0 aliphatic carbocycles. The maximum Gasteiger partial charge on any atom is 0.261 e. The number of nitrogens with zero attached hydrogens (tertiary/aromatic N) is 4. The van der Waals surface area contributed by atoms with E-state index in [9.17, 15) is 12.8 Å². The van der Waals surface area contributed by atoms with E-state index in [1.54, 1.807) is 25.5 Å². The minimum Gasteiger partial charge on any atom is -0.371 e. The summed E-state index contributed by atoms with van der Waals surface area (Å²) in [6.07, 6.45) is 2.37. The van der Waals surface area contributed by atoms with Crippen LogP contribution in [-0.4, -0.2) is 45.8 Å². The average Bonchev–Trinajstić information content (AvgIpc) is 2.90. The molecule has 0 atom stereocenters. The smallest absolute Gasteiger partial charge is 0.261 e. The molecule has 0 aliphatic rings. The van der Waals surface area contributed by atoms with E-state index in [0.29, 0.717) is 41.2 Å². The quantitative estimate of drug-likeness (QED) is 0.680. The minimum atomic E-state index is -3.67. The summed E-state index contributed by atoms with van der Waals surface area (Å²) < 4.78 is 41.4. The number of aromatic nitrogens is 4. The summed E-state index contributed by atoms with van der Waals surface area (Å²) in [5.41, 5.74) is 1.99. The van der Waals surface area contributed by atoms with Crippen molar-refractivity contribution in [2.75, 3.05) is 18.6 Å². The molecule has 0 bridgehead atoms. The average molecular weight is 367 g/mol. The van der Waals surface area contributed by atoms with Crippen molar-refractivity contribution >= 4 is 27.1 Å². The fourth-order valence-electron chi connectivity index (χ4n) is 2.15. The Hall–Kier alpha value is -2.59. The van der Waals surface area contributed by atoms with E-state index in [4.69, 9.17) is 4.55 Å². The highest BCUT2D eigenvalue weighted by Gasteiger charge is 2.12. The Labute approximate surface area is 144 Å². The number of rotatable bonds is 3. The van der Waals surface area contributed by atoms with Crippen molar-refractivity contribution in [2.24, 2.45) is 0 Å². The number of benzene rings is 1. The summed E-state index contributed by atoms with van der Waals surface area (Å²) in [6.45, 7) is 2.21. The molecular weight excluding hydrogens is 349 g/mol. The first-order valence-electron chi connectivity index (χ1n) is 7.22. The molecule has 2 N–H and O–H groups in total. The molecule has 0 saturated heterocycles. The molecule has 0 aliphatic heterocycles. The zero-order valence-corrected chi connectivity index (χ0v) is 14.7. The highest BCUT2D eigenvalue weighted by molar-refractivity contribution is 7.85. The monoisotopic (exact) mass is 367 g/mol. The summed E-state index contributed by atoms with van der Waals surface area (Å²) in [6, 6.07) is 6.70. The van der Waals surface area contributed by atoms with Crippen LogP contribution in [0, 0.1) is 12.7 Å². The standard InChI is InChI=1S/C14H14FN5.CH4O3S/c1-9-18-13(16-2)12-14(19-9)20(8-17-12)7-10-5-3-4-6-11(10)15;1-5(2,3)4/h3-6,8H,7H2,1-2H3,(H,16,18,19);1H3,(H,2,3,4). The maximum atomic E-state index is 13.7. The lowest BCUT2D eigenvalue weighted by atomic mass is 10.2. The molecule has 0 saturated carbocycles. The van der Waals surface area contributed by atoms with Gasteiger partial charge in [-0.25, -0.2) is 19.3 Å². The zero-order chi connectivity index (χ0) is 18.6. The van der Waals surface area contributed by atoms with Crippen LogP contribution in [0.5, 0.6) is 0 Å². The van der Waals surface area contributed by atoms with Gasteiger partial charge in [-0.15, -0.1) is 0 Å². The first kappa shape index (κ1) is 18.7. The molecule has 3 aromatic rings. The second-order valence-electron chi connectivity index (χ2n) is 5.24. The Morgan fingerprint density at radius 1 is 1.28 bits per heavy atom. The molecule has 0 radical (unpaired) electrons. The Kier molecular flexibility index (Phi) is 5.65. The largest absolute Gasteiger partial charge is 0.371 e. The van der Waals surface area contributed by atoms with Gasteiger partial charge >= 0.3 is 0 Å². The highest BCUT2D eigenvalue weighted by Crippen LogP contribution is 2.19. The number of halogens is 1. The number of aryl methyl sites for hydroxylation is 1. The molecule has 3 rings (SSSR count). The van der Waals surface area contributed by atoms with Crippen LogP contribution >= 0.6 is 0 Å². The van der Waals surface area contributed by atoms with E-state index >= 15 is 0 Å². The van der Waals surface area contributed by atoms with E-state index in [-0.39, 0.29) is 5.82 Å². The number of hydrogen-bond acceptors (Lipinski definition) is 6. The van der Waals surface area contributed by atoms with Gasteiger partial charge in [-0.2, -0.15) is 8.42 Å². The number of nitrogens with one attached hydrogen (secondary N) is 1. The molecule has 0 unspecified atom stereocenters. The number of fused-ring (bicyclic) bond motifs is 1. The van der Waals surface area contributed by atoms with Crippen molar-refractivity contribution in [3.8, 4) is 0 Å². The zero-order valence-electron chi connectivity index (χ0n) is 13.9. The van der Waals surface area contributed by atoms with Gasteiger partial charge in [0.05, 0.1) is 19.1 Å². The van der Waals surface area contributed by atoms with Crippen molar-refractivity contribution in [3.63, 3.8) is 0 Å². The van der Waals surface area contributed by atoms with Gasteiger partial charge in [0, 0.05) is 12.6 Å². The van der Waals surface area contributed by atoms with Gasteiger partial charge in [-0.05, 0) is 13.0 Å². The summed E-state index contributed by atoms with van der Waals surface area (Å²) in [5, 5.41) is 3.00. The molecule has 1 aromatic carbocycles. The third kappa shape index (κ3) is 5.19. The van der Waals surface area contributed by atoms with Gasteiger partial charge in [0.1, 0.15) is 17.2 Å². The van der Waals surface area contributed by atoms with Crippen LogP contribution in [0.3, 0.4) is 0 Å². The van der Waals surface area contributed by atoms with Crippen molar-refractivity contribution in [1.82, 2.24) is 19.5 Å². The topological polar surface area (TPSA) is 110 Å². The van der Waals surface area contributed by atoms with Gasteiger partial charge in [-0.3, -0.25) is 4.55 Å². The van der Waals surface area contributed by atoms with Crippen LogP contribution in [0.1, 0.15) is 11.4 Å². The van der Waals surface area contributed by atoms with E-state index in [1.165, 1.54) is 6.07 Å². The minimum absolute atomic E-state index is 0.228. The van der Waals surface area contributed by atoms with Crippen molar-refractivity contribution in [2.45, 2.75) is 13.5 Å². The van der Waals surface area contributed by atoms with Gasteiger partial charge in [-0.1, -0.05) is 18.2 Å². The molecule has 0 amide bonds. The van der Waals surface area contributed by atoms with Gasteiger partial charge < -0.3 is 9.88 Å². The summed E-state index contributed by atoms with van der Waals surface area (Å²) in [7, 11) is -1.88. The third-order valence-corrected chi connectivity index (χ3v) is 3.11. The molecule has 0 spiro atoms. The lowest BCUT2D eigenvalue weighted by molar-refractivity contribution is 0.490. The van der Waals surface area contributed by atoms with Gasteiger partial charge in [0.15, 0.2) is 11.5 Å². The number of imidazole rings is 1. The summed E-state index contributed by atoms with van der Waals surface area (Å²) >= 11 is 0. The lowest BCUT2D eigenvalue weighted by Crippen LogP contribution is -2.04. The van der Waals surface area contributed by atoms with E-state index < -0.39 is 10.1 Å². The maximum absolute atomic E-state index is 13.7. The number of anilines is 1. The summed E-state index contributed by atoms with van der Waals surface area (Å²) in [4.78, 5) is 13.0. The van der Waals surface area contributed by atoms with Gasteiger partial charge in [0.2, 0.25) is 0 Å². The Morgan fingerprint density at radius 2 is 1.92 bits per heavy atom. The fourth-order valence-corrected chi connectivity index (χ4v) is 2.15. The molecule has 134 valence electrons. The predicted molar refractivity (Wildman–Crippen MR) is 92.6 cm³/mol. The highest BCUT2D eigenvalue weighted by atomic mass is 32.2. The van der Waals surface area contributed by atoms with Crippen molar-refractivity contribution in [3.05, 3.63) is 47.8 Å². The number of hydrogen-bond donors (Lipinski definition) is 2. The SMILES string of the molecule is CNc1nc(C)nc2c1ncn2Cc1ccccc1F.CS(=O)(=O)O. The molecule has 0 fully saturated rings. The van der Waals surface area contributed by atoms with Crippen LogP contribution in [0.25, 0.3) is 11.2 Å². The predicted octanol–water partition coefficient (Wildman–Crippen LogP) is 1.87. The second-order valence-corrected chi connectivity index (χ2v) is 6.70. The fraction of sp³-hybridized carbons (Fsp3) is 0.267. The third-order valence-electron chi connectivity index (χ3n) is 3.11. The molecule has 10 heteroatoms. The van der Waals surface area contributed by atoms with E-state index in [1.807, 2.05) is 17.6 Å². The van der Waals surface area contributed by atoms with Crippen LogP contribution in [-0.2, 0) is 16.7 Å². The van der Waals surface area contributed by atoms with Crippen LogP contribution < -0.4 is 5.32 Å². The van der Waals surface area contributed by atoms with Crippen molar-refractivity contribution in [1.29, 1.82) is 0 Å². The molecule has 2 aromatic heterocycles. The molecule has 25 heavy (non-hydrogen) atoms. The summed E-state index contributed by atoms with van der Waals surface area (Å²) in [5.74, 6) is 1.10. The van der Waals surface area contributed by atoms with Crippen molar-refractivity contribution < 1.29 is 17.4 Å². The first-order chi connectivity index (χ1) is 11.7. The van der Waals surface area contributed by atoms with Crippen LogP contribution in [0.2, 0.25) is 0 Å². The first-order valence-corrected chi connectivity index (χ1v) is 9.07. The second kappa shape index (κ2) is 7.53. The van der Waals surface area contributed by atoms with Gasteiger partial charge in [0.25, 0.3) is 10.1 Å². The molecule has 2 heterocycles. The normalized spacial score (nSPS) is 11.1. The Bertz CT molecular complexity index is 980. The Morgan fingerprint density at radius 3 is 2.52 bits per heavy atom. The lowest BCUT2D eigenvalue weighted by Gasteiger charge is -2.06. The molecular formula is C15H18FN5O3S. The van der Waals surface area contributed by atoms with E-state index in [2.05, 4.69) is 20.3 Å². The Balaban J connectivity index is 0.000000399. The molecule has 8 nitrogen and oxygen atoms in total. The van der Waals surface area contributed by atoms with Crippen LogP contribution in [0.4, 0.5) is 10.2 Å². The van der Waals surface area contributed by atoms with Crippen LogP contribution in [0.15, 0.2) is 30.6 Å².